The maximum absolute atomic E-state index is 13.1. The first kappa shape index (κ1) is 20.3. The van der Waals surface area contributed by atoms with Crippen LogP contribution >= 0.6 is 0 Å². The molecule has 8 nitrogen and oxygen atoms in total. The highest BCUT2D eigenvalue weighted by atomic mass is 32.2. The van der Waals surface area contributed by atoms with E-state index in [1.165, 1.54) is 9.21 Å². The van der Waals surface area contributed by atoms with Crippen molar-refractivity contribution in [3.63, 3.8) is 0 Å². The van der Waals surface area contributed by atoms with Gasteiger partial charge in [0.2, 0.25) is 0 Å². The molecule has 9 heteroatoms. The Kier molecular flexibility index (Phi) is 5.39. The minimum atomic E-state index is -3.53. The molecule has 1 aromatic rings. The van der Waals surface area contributed by atoms with E-state index in [1.54, 1.807) is 4.31 Å². The van der Waals surface area contributed by atoms with E-state index in [1.807, 2.05) is 30.3 Å². The Hall–Kier alpha value is -1.97. The maximum Gasteiger partial charge on any atom is 0.325 e. The van der Waals surface area contributed by atoms with Gasteiger partial charge in [0.15, 0.2) is 0 Å². The van der Waals surface area contributed by atoms with Crippen LogP contribution in [-0.4, -0.2) is 65.6 Å². The van der Waals surface area contributed by atoms with Crippen molar-refractivity contribution in [3.05, 3.63) is 35.9 Å². The van der Waals surface area contributed by atoms with Gasteiger partial charge in [0, 0.05) is 26.2 Å². The molecule has 4 rings (SSSR count). The monoisotopic (exact) mass is 420 g/mol. The zero-order valence-electron chi connectivity index (χ0n) is 16.7. The highest BCUT2D eigenvalue weighted by Gasteiger charge is 2.53. The predicted octanol–water partition coefficient (Wildman–Crippen LogP) is 1.55. The van der Waals surface area contributed by atoms with Gasteiger partial charge >= 0.3 is 6.03 Å². The first-order valence-corrected chi connectivity index (χ1v) is 11.6. The summed E-state index contributed by atoms with van der Waals surface area (Å²) in [5.41, 5.74) is -0.111. The fraction of sp³-hybridized carbons (Fsp3) is 0.600. The minimum Gasteiger partial charge on any atom is -0.323 e. The van der Waals surface area contributed by atoms with Crippen LogP contribution < -0.4 is 5.32 Å². The predicted molar refractivity (Wildman–Crippen MR) is 108 cm³/mol. The van der Waals surface area contributed by atoms with Crippen LogP contribution in [0.3, 0.4) is 0 Å². The first-order valence-electron chi connectivity index (χ1n) is 10.3. The number of nitrogens with one attached hydrogen (secondary N) is 1. The number of amides is 3. The number of carbonyl (C=O) groups excluding carboxylic acids is 2. The van der Waals surface area contributed by atoms with Crippen LogP contribution in [0, 0.1) is 5.92 Å². The van der Waals surface area contributed by atoms with Crippen molar-refractivity contribution in [1.82, 2.24) is 18.8 Å². The summed E-state index contributed by atoms with van der Waals surface area (Å²) < 4.78 is 29.1. The molecule has 0 aromatic heterocycles. The van der Waals surface area contributed by atoms with E-state index >= 15 is 0 Å². The Bertz CT molecular complexity index is 881. The van der Waals surface area contributed by atoms with Crippen LogP contribution in [0.25, 0.3) is 0 Å². The quantitative estimate of drug-likeness (QED) is 0.749. The maximum atomic E-state index is 13.1. The van der Waals surface area contributed by atoms with Crippen molar-refractivity contribution in [2.75, 3.05) is 26.2 Å². The van der Waals surface area contributed by atoms with E-state index in [9.17, 15) is 18.0 Å². The molecule has 3 heterocycles. The van der Waals surface area contributed by atoms with Crippen LogP contribution in [0.1, 0.15) is 38.2 Å². The summed E-state index contributed by atoms with van der Waals surface area (Å²) in [6, 6.07) is 8.97. The van der Waals surface area contributed by atoms with Gasteiger partial charge in [-0.2, -0.15) is 17.0 Å². The number of benzene rings is 1. The number of nitrogens with zero attached hydrogens (tertiary/aromatic N) is 3. The third-order valence-corrected chi connectivity index (χ3v) is 8.28. The van der Waals surface area contributed by atoms with Crippen molar-refractivity contribution in [1.29, 1.82) is 0 Å². The topological polar surface area (TPSA) is 90.0 Å². The molecule has 3 amide bonds. The molecule has 0 saturated carbocycles. The number of carbonyl (C=O) groups is 2. The summed E-state index contributed by atoms with van der Waals surface area (Å²) in [5.74, 6) is 0.104. The summed E-state index contributed by atoms with van der Waals surface area (Å²) in [4.78, 5) is 26.8. The average molecular weight is 421 g/mol. The van der Waals surface area contributed by atoms with Crippen molar-refractivity contribution in [3.8, 4) is 0 Å². The minimum absolute atomic E-state index is 0.223. The Labute approximate surface area is 172 Å². The van der Waals surface area contributed by atoms with Crippen LogP contribution in [0.15, 0.2) is 30.3 Å². The number of piperidine rings is 2. The van der Waals surface area contributed by atoms with Crippen LogP contribution in [0.2, 0.25) is 0 Å². The molecule has 0 unspecified atom stereocenters. The summed E-state index contributed by atoms with van der Waals surface area (Å²) >= 11 is 0. The summed E-state index contributed by atoms with van der Waals surface area (Å²) in [5, 5.41) is 2.85. The fourth-order valence-corrected chi connectivity index (χ4v) is 6.32. The molecule has 0 radical (unpaired) electrons. The van der Waals surface area contributed by atoms with Gasteiger partial charge in [-0.15, -0.1) is 0 Å². The SMILES string of the molecule is C[C@H]1CCCN(S(=O)(=O)N2CCC3(CC2)NC(=O)N(Cc2ccccc2)C3=O)C1. The molecule has 29 heavy (non-hydrogen) atoms. The molecule has 1 spiro atoms. The van der Waals surface area contributed by atoms with E-state index in [4.69, 9.17) is 0 Å². The van der Waals surface area contributed by atoms with Gasteiger partial charge in [-0.1, -0.05) is 37.3 Å². The lowest BCUT2D eigenvalue weighted by molar-refractivity contribution is -0.133. The van der Waals surface area contributed by atoms with Gasteiger partial charge in [-0.05, 0) is 37.2 Å². The lowest BCUT2D eigenvalue weighted by Crippen LogP contribution is -2.58. The smallest absolute Gasteiger partial charge is 0.323 e. The van der Waals surface area contributed by atoms with E-state index in [-0.39, 0.29) is 25.5 Å². The first-order chi connectivity index (χ1) is 13.8. The average Bonchev–Trinajstić information content (AvgIpc) is 2.93. The highest BCUT2D eigenvalue weighted by molar-refractivity contribution is 7.86. The van der Waals surface area contributed by atoms with Crippen LogP contribution in [0.5, 0.6) is 0 Å². The Balaban J connectivity index is 1.43. The second kappa shape index (κ2) is 7.70. The standard InChI is InChI=1S/C20H28N4O4S/c1-16-6-5-11-23(14-16)29(27,28)22-12-9-20(10-13-22)18(25)24(19(26)21-20)15-17-7-3-2-4-8-17/h2-4,7-8,16H,5-6,9-15H2,1H3,(H,21,26)/t16-/m0/s1. The van der Waals surface area contributed by atoms with Gasteiger partial charge in [0.05, 0.1) is 6.54 Å². The zero-order valence-corrected chi connectivity index (χ0v) is 17.5. The number of hydrogen-bond acceptors (Lipinski definition) is 4. The Morgan fingerprint density at radius 1 is 1.07 bits per heavy atom. The molecular formula is C20H28N4O4S. The molecule has 3 saturated heterocycles. The van der Waals surface area contributed by atoms with E-state index in [2.05, 4.69) is 12.2 Å². The summed E-state index contributed by atoms with van der Waals surface area (Å²) in [7, 11) is -3.53. The molecule has 3 fully saturated rings. The number of urea groups is 1. The molecule has 3 aliphatic heterocycles. The number of imide groups is 1. The summed E-state index contributed by atoms with van der Waals surface area (Å²) in [6.07, 6.45) is 2.52. The van der Waals surface area contributed by atoms with Crippen molar-refractivity contribution < 1.29 is 18.0 Å². The van der Waals surface area contributed by atoms with Gasteiger partial charge in [0.1, 0.15) is 5.54 Å². The highest BCUT2D eigenvalue weighted by Crippen LogP contribution is 2.32. The van der Waals surface area contributed by atoms with E-state index in [0.29, 0.717) is 31.8 Å². The van der Waals surface area contributed by atoms with Gasteiger partial charge in [-0.25, -0.2) is 4.79 Å². The van der Waals surface area contributed by atoms with E-state index in [0.717, 1.165) is 18.4 Å². The molecular weight excluding hydrogens is 392 g/mol. The van der Waals surface area contributed by atoms with Crippen molar-refractivity contribution in [2.45, 2.75) is 44.7 Å². The lowest BCUT2D eigenvalue weighted by Gasteiger charge is -2.40. The Morgan fingerprint density at radius 3 is 2.41 bits per heavy atom. The normalized spacial score (nSPS) is 26.1. The molecule has 0 aliphatic carbocycles. The molecule has 3 aliphatic rings. The number of hydrogen-bond donors (Lipinski definition) is 1. The van der Waals surface area contributed by atoms with Crippen molar-refractivity contribution >= 4 is 22.1 Å². The third kappa shape index (κ3) is 3.78. The third-order valence-electron chi connectivity index (χ3n) is 6.28. The van der Waals surface area contributed by atoms with Gasteiger partial charge in [0.25, 0.3) is 16.1 Å². The van der Waals surface area contributed by atoms with Crippen LogP contribution in [-0.2, 0) is 21.5 Å². The van der Waals surface area contributed by atoms with Crippen molar-refractivity contribution in [2.24, 2.45) is 5.92 Å². The largest absolute Gasteiger partial charge is 0.325 e. The zero-order chi connectivity index (χ0) is 20.6. The molecule has 1 aromatic carbocycles. The van der Waals surface area contributed by atoms with Gasteiger partial charge in [-0.3, -0.25) is 9.69 Å². The molecule has 0 bridgehead atoms. The second-order valence-corrected chi connectivity index (χ2v) is 10.3. The number of rotatable bonds is 4. The molecule has 158 valence electrons. The second-order valence-electron chi connectivity index (χ2n) is 8.40. The fourth-order valence-electron chi connectivity index (χ4n) is 4.54. The lowest BCUT2D eigenvalue weighted by atomic mass is 9.88. The van der Waals surface area contributed by atoms with Gasteiger partial charge < -0.3 is 5.32 Å². The summed E-state index contributed by atoms with van der Waals surface area (Å²) in [6.45, 7) is 3.86. The molecule has 1 N–H and O–H groups in total. The van der Waals surface area contributed by atoms with Crippen LogP contribution in [0.4, 0.5) is 4.79 Å². The molecule has 1 atom stereocenters. The Morgan fingerprint density at radius 2 is 1.76 bits per heavy atom. The van der Waals surface area contributed by atoms with E-state index < -0.39 is 21.8 Å².